The number of rotatable bonds is 4. The van der Waals surface area contributed by atoms with Crippen LogP contribution in [-0.2, 0) is 11.2 Å². The second kappa shape index (κ2) is 5.67. The number of nitrogens with one attached hydrogen (secondary N) is 1. The molecule has 3 nitrogen and oxygen atoms in total. The smallest absolute Gasteiger partial charge is 0.240 e. The maximum atomic E-state index is 12.9. The number of nitrogens with two attached hydrogens (primary N) is 1. The third-order valence-corrected chi connectivity index (χ3v) is 3.23. The lowest BCUT2D eigenvalue weighted by Crippen LogP contribution is -2.43. The summed E-state index contributed by atoms with van der Waals surface area (Å²) in [5.41, 5.74) is 7.10. The van der Waals surface area contributed by atoms with Gasteiger partial charge in [0.25, 0.3) is 0 Å². The Hall–Kier alpha value is -1.13. The molecule has 1 aliphatic carbocycles. The normalized spacial score (nSPS) is 15.7. The Kier molecular flexibility index (Phi) is 4.71. The van der Waals surface area contributed by atoms with Crippen LogP contribution in [0.15, 0.2) is 18.2 Å². The molecule has 2 rings (SSSR count). The number of halogens is 2. The van der Waals surface area contributed by atoms with E-state index in [-0.39, 0.29) is 24.1 Å². The first-order valence-corrected chi connectivity index (χ1v) is 5.83. The Bertz CT molecular complexity index is 447. The molecule has 0 heterocycles. The van der Waals surface area contributed by atoms with E-state index in [1.807, 2.05) is 6.92 Å². The van der Waals surface area contributed by atoms with Gasteiger partial charge in [0.2, 0.25) is 5.91 Å². The van der Waals surface area contributed by atoms with Crippen LogP contribution in [0.2, 0.25) is 0 Å². The van der Waals surface area contributed by atoms with Gasteiger partial charge >= 0.3 is 0 Å². The fourth-order valence-corrected chi connectivity index (χ4v) is 1.79. The zero-order valence-corrected chi connectivity index (χ0v) is 11.1. The molecular formula is C13H18ClFN2O. The van der Waals surface area contributed by atoms with Crippen molar-refractivity contribution in [3.63, 3.8) is 0 Å². The van der Waals surface area contributed by atoms with Gasteiger partial charge in [0.15, 0.2) is 0 Å². The van der Waals surface area contributed by atoms with E-state index in [4.69, 9.17) is 5.73 Å². The Morgan fingerprint density at radius 3 is 2.72 bits per heavy atom. The van der Waals surface area contributed by atoms with E-state index in [1.54, 1.807) is 6.07 Å². The third kappa shape index (κ3) is 3.43. The van der Waals surface area contributed by atoms with E-state index in [1.165, 1.54) is 12.1 Å². The highest BCUT2D eigenvalue weighted by Crippen LogP contribution is 2.31. The highest BCUT2D eigenvalue weighted by molar-refractivity contribution is 5.88. The van der Waals surface area contributed by atoms with E-state index >= 15 is 0 Å². The molecule has 0 aromatic heterocycles. The first-order chi connectivity index (χ1) is 8.01. The van der Waals surface area contributed by atoms with Crippen LogP contribution in [0.25, 0.3) is 0 Å². The molecule has 1 aliphatic rings. The van der Waals surface area contributed by atoms with E-state index in [0.29, 0.717) is 13.0 Å². The molecule has 1 aromatic rings. The minimum absolute atomic E-state index is 0. The lowest BCUT2D eigenvalue weighted by molar-refractivity contribution is -0.123. The van der Waals surface area contributed by atoms with E-state index in [9.17, 15) is 9.18 Å². The summed E-state index contributed by atoms with van der Waals surface area (Å²) in [6.45, 7) is 2.41. The molecular weight excluding hydrogens is 255 g/mol. The van der Waals surface area contributed by atoms with Gasteiger partial charge in [-0.1, -0.05) is 6.07 Å². The van der Waals surface area contributed by atoms with Gasteiger partial charge < -0.3 is 11.1 Å². The van der Waals surface area contributed by atoms with Gasteiger partial charge in [0.1, 0.15) is 5.82 Å². The number of benzene rings is 1. The van der Waals surface area contributed by atoms with Crippen LogP contribution in [0, 0.1) is 12.7 Å². The van der Waals surface area contributed by atoms with Crippen LogP contribution < -0.4 is 11.1 Å². The Morgan fingerprint density at radius 1 is 1.50 bits per heavy atom. The first kappa shape index (κ1) is 14.9. The van der Waals surface area contributed by atoms with Gasteiger partial charge in [-0.2, -0.15) is 0 Å². The summed E-state index contributed by atoms with van der Waals surface area (Å²) in [7, 11) is 0. The quantitative estimate of drug-likeness (QED) is 0.877. The molecule has 0 unspecified atom stereocenters. The number of amides is 1. The minimum Gasteiger partial charge on any atom is -0.354 e. The number of carbonyl (C=O) groups is 1. The fraction of sp³-hybridized carbons (Fsp3) is 0.462. The van der Waals surface area contributed by atoms with E-state index in [0.717, 1.165) is 24.0 Å². The standard InChI is InChI=1S/C13H17FN2O.ClH/c1-9-8-11(14)3-2-10(9)4-7-16-12(17)13(15)5-6-13;/h2-3,8H,4-7,15H2,1H3,(H,16,17);1H. The van der Waals surface area contributed by atoms with Gasteiger partial charge in [-0.15, -0.1) is 12.4 Å². The summed E-state index contributed by atoms with van der Waals surface area (Å²) < 4.78 is 12.9. The molecule has 1 saturated carbocycles. The van der Waals surface area contributed by atoms with Crippen molar-refractivity contribution < 1.29 is 9.18 Å². The van der Waals surface area contributed by atoms with Crippen molar-refractivity contribution in [3.8, 4) is 0 Å². The van der Waals surface area contributed by atoms with Crippen LogP contribution in [-0.4, -0.2) is 18.0 Å². The topological polar surface area (TPSA) is 55.1 Å². The number of aryl methyl sites for hydroxylation is 1. The zero-order valence-electron chi connectivity index (χ0n) is 10.3. The van der Waals surface area contributed by atoms with E-state index < -0.39 is 5.54 Å². The number of hydrogen-bond donors (Lipinski definition) is 2. The van der Waals surface area contributed by atoms with Crippen LogP contribution in [0.3, 0.4) is 0 Å². The Labute approximate surface area is 112 Å². The second-order valence-electron chi connectivity index (χ2n) is 4.73. The van der Waals surface area contributed by atoms with E-state index in [2.05, 4.69) is 5.32 Å². The number of carbonyl (C=O) groups excluding carboxylic acids is 1. The van der Waals surface area contributed by atoms with Gasteiger partial charge in [-0.25, -0.2) is 4.39 Å². The SMILES string of the molecule is Cc1cc(F)ccc1CCNC(=O)C1(N)CC1.Cl. The van der Waals surface area contributed by atoms with Crippen LogP contribution in [0.5, 0.6) is 0 Å². The van der Waals surface area contributed by atoms with Crippen LogP contribution in [0.4, 0.5) is 4.39 Å². The monoisotopic (exact) mass is 272 g/mol. The summed E-state index contributed by atoms with van der Waals surface area (Å²) in [6, 6.07) is 4.70. The van der Waals surface area contributed by atoms with Crippen LogP contribution in [0.1, 0.15) is 24.0 Å². The predicted octanol–water partition coefficient (Wildman–Crippen LogP) is 1.71. The van der Waals surface area contributed by atoms with Gasteiger partial charge in [0.05, 0.1) is 5.54 Å². The van der Waals surface area contributed by atoms with Crippen molar-refractivity contribution in [1.82, 2.24) is 5.32 Å². The Morgan fingerprint density at radius 2 is 2.17 bits per heavy atom. The second-order valence-corrected chi connectivity index (χ2v) is 4.73. The minimum atomic E-state index is -0.613. The molecule has 0 bridgehead atoms. The summed E-state index contributed by atoms with van der Waals surface area (Å²) in [5, 5.41) is 2.82. The van der Waals surface area contributed by atoms with Crippen molar-refractivity contribution >= 4 is 18.3 Å². The molecule has 1 fully saturated rings. The highest BCUT2D eigenvalue weighted by Gasteiger charge is 2.45. The molecule has 0 radical (unpaired) electrons. The predicted molar refractivity (Wildman–Crippen MR) is 71.3 cm³/mol. The largest absolute Gasteiger partial charge is 0.354 e. The van der Waals surface area contributed by atoms with Crippen LogP contribution >= 0.6 is 12.4 Å². The molecule has 1 amide bonds. The fourth-order valence-electron chi connectivity index (χ4n) is 1.79. The third-order valence-electron chi connectivity index (χ3n) is 3.23. The summed E-state index contributed by atoms with van der Waals surface area (Å²) in [5.74, 6) is -0.300. The molecule has 0 spiro atoms. The summed E-state index contributed by atoms with van der Waals surface area (Å²) >= 11 is 0. The molecule has 0 saturated heterocycles. The maximum Gasteiger partial charge on any atom is 0.240 e. The molecule has 18 heavy (non-hydrogen) atoms. The van der Waals surface area contributed by atoms with Crippen molar-refractivity contribution in [2.75, 3.05) is 6.54 Å². The van der Waals surface area contributed by atoms with Gasteiger partial charge in [-0.3, -0.25) is 4.79 Å². The lowest BCUT2D eigenvalue weighted by atomic mass is 10.1. The molecule has 1 aromatic carbocycles. The van der Waals surface area contributed by atoms with Crippen molar-refractivity contribution in [2.45, 2.75) is 31.7 Å². The molecule has 5 heteroatoms. The average molecular weight is 273 g/mol. The van der Waals surface area contributed by atoms with Crippen molar-refractivity contribution in [2.24, 2.45) is 5.73 Å². The lowest BCUT2D eigenvalue weighted by Gasteiger charge is -2.11. The number of hydrogen-bond acceptors (Lipinski definition) is 2. The van der Waals surface area contributed by atoms with Crippen molar-refractivity contribution in [3.05, 3.63) is 35.1 Å². The highest BCUT2D eigenvalue weighted by atomic mass is 35.5. The molecule has 0 aliphatic heterocycles. The van der Waals surface area contributed by atoms with Gasteiger partial charge in [0, 0.05) is 6.54 Å². The Balaban J connectivity index is 0.00000162. The summed E-state index contributed by atoms with van der Waals surface area (Å²) in [4.78, 5) is 11.6. The molecule has 3 N–H and O–H groups in total. The zero-order chi connectivity index (χ0) is 12.5. The first-order valence-electron chi connectivity index (χ1n) is 5.83. The summed E-state index contributed by atoms with van der Waals surface area (Å²) in [6.07, 6.45) is 2.25. The maximum absolute atomic E-state index is 12.9. The molecule has 100 valence electrons. The average Bonchev–Trinajstić information content (AvgIpc) is 3.01. The molecule has 0 atom stereocenters. The van der Waals surface area contributed by atoms with Crippen molar-refractivity contribution in [1.29, 1.82) is 0 Å². The van der Waals surface area contributed by atoms with Gasteiger partial charge in [-0.05, 0) is 49.4 Å².